The molecule has 2 fully saturated rings. The molecule has 0 radical (unpaired) electrons. The molecule has 6 nitrogen and oxygen atoms in total. The number of Topliss-reactive ketones (excluding diaryl/α,β-unsaturated/α-hetero) is 1. The summed E-state index contributed by atoms with van der Waals surface area (Å²) in [6.45, 7) is 5.89. The van der Waals surface area contributed by atoms with Gasteiger partial charge < -0.3 is 5.11 Å². The Morgan fingerprint density at radius 2 is 1.92 bits per heavy atom. The van der Waals surface area contributed by atoms with Crippen LogP contribution in [0.2, 0.25) is 10.0 Å². The molecule has 2 aliphatic rings. The zero-order valence-electron chi connectivity index (χ0n) is 14.7. The number of hydrogen-bond donors (Lipinski definition) is 2. The van der Waals surface area contributed by atoms with Gasteiger partial charge in [0.2, 0.25) is 0 Å². The summed E-state index contributed by atoms with van der Waals surface area (Å²) < 4.78 is 0. The van der Waals surface area contributed by atoms with E-state index in [-0.39, 0.29) is 27.8 Å². The van der Waals surface area contributed by atoms with Gasteiger partial charge in [0.15, 0.2) is 5.78 Å². The fourth-order valence-corrected chi connectivity index (χ4v) is 4.86. The molecule has 2 N–H and O–H groups in total. The first-order chi connectivity index (χ1) is 12.0. The van der Waals surface area contributed by atoms with Crippen LogP contribution in [0.5, 0.6) is 0 Å². The van der Waals surface area contributed by atoms with Crippen LogP contribution in [0.3, 0.4) is 0 Å². The van der Waals surface area contributed by atoms with Crippen molar-refractivity contribution in [3.8, 4) is 0 Å². The van der Waals surface area contributed by atoms with E-state index in [2.05, 4.69) is 5.43 Å². The number of benzene rings is 1. The van der Waals surface area contributed by atoms with Gasteiger partial charge >= 0.3 is 6.09 Å². The number of hydrazine groups is 1. The Hall–Kier alpha value is -1.79. The second-order valence-corrected chi connectivity index (χ2v) is 8.57. The van der Waals surface area contributed by atoms with Crippen molar-refractivity contribution in [1.29, 1.82) is 0 Å². The third-order valence-electron chi connectivity index (χ3n) is 6.38. The van der Waals surface area contributed by atoms with Crippen LogP contribution in [0.25, 0.3) is 0 Å². The van der Waals surface area contributed by atoms with E-state index in [4.69, 9.17) is 23.2 Å². The zero-order valence-corrected chi connectivity index (χ0v) is 16.2. The maximum Gasteiger partial charge on any atom is 0.424 e. The van der Waals surface area contributed by atoms with Crippen LogP contribution in [0.15, 0.2) is 18.2 Å². The molecule has 8 heteroatoms. The maximum atomic E-state index is 13.3. The standard InChI is InChI=1S/C18H20Cl2N2O4/c1-17(2)10-6-7-18(17,3)14(23)13(10)15(24)22(21-16(25)26)12-8-9(19)4-5-11(12)20/h4-5,8,10,13,21H,6-7H2,1-3H3,(H,25,26)/t10-,13?,18+/m1/s1. The van der Waals surface area contributed by atoms with Crippen LogP contribution in [0.1, 0.15) is 33.6 Å². The van der Waals surface area contributed by atoms with Crippen LogP contribution in [-0.4, -0.2) is 22.9 Å². The fraction of sp³-hybridized carbons (Fsp3) is 0.500. The van der Waals surface area contributed by atoms with Gasteiger partial charge in [0.25, 0.3) is 5.91 Å². The Labute approximate surface area is 161 Å². The lowest BCUT2D eigenvalue weighted by Gasteiger charge is -2.32. The van der Waals surface area contributed by atoms with E-state index in [9.17, 15) is 19.5 Å². The van der Waals surface area contributed by atoms with Crippen molar-refractivity contribution < 1.29 is 19.5 Å². The summed E-state index contributed by atoms with van der Waals surface area (Å²) in [6.07, 6.45) is 0.0448. The second-order valence-electron chi connectivity index (χ2n) is 7.73. The van der Waals surface area contributed by atoms with Crippen molar-refractivity contribution >= 4 is 46.7 Å². The van der Waals surface area contributed by atoms with E-state index >= 15 is 0 Å². The third kappa shape index (κ3) is 2.58. The highest BCUT2D eigenvalue weighted by Crippen LogP contribution is 2.66. The topological polar surface area (TPSA) is 86.7 Å². The number of rotatable bonds is 2. The molecule has 1 aromatic rings. The first-order valence-electron chi connectivity index (χ1n) is 8.33. The molecule has 2 bridgehead atoms. The molecule has 3 rings (SSSR count). The van der Waals surface area contributed by atoms with E-state index in [0.29, 0.717) is 5.02 Å². The van der Waals surface area contributed by atoms with E-state index < -0.39 is 23.3 Å². The van der Waals surface area contributed by atoms with E-state index in [1.807, 2.05) is 20.8 Å². The highest BCUT2D eigenvalue weighted by molar-refractivity contribution is 6.36. The number of hydrogen-bond acceptors (Lipinski definition) is 3. The predicted octanol–water partition coefficient (Wildman–Crippen LogP) is 4.15. The normalized spacial score (nSPS) is 28.9. The number of carbonyl (C=O) groups is 3. The smallest absolute Gasteiger partial charge is 0.424 e. The lowest BCUT2D eigenvalue weighted by molar-refractivity contribution is -0.138. The number of amides is 2. The number of halogens is 2. The number of ketones is 1. The molecule has 1 unspecified atom stereocenters. The minimum Gasteiger partial charge on any atom is -0.464 e. The minimum absolute atomic E-state index is 0.102. The predicted molar refractivity (Wildman–Crippen MR) is 98.2 cm³/mol. The molecule has 0 saturated heterocycles. The highest BCUT2D eigenvalue weighted by Gasteiger charge is 2.68. The first-order valence-corrected chi connectivity index (χ1v) is 9.09. The van der Waals surface area contributed by atoms with Crippen LogP contribution in [-0.2, 0) is 9.59 Å². The summed E-state index contributed by atoms with van der Waals surface area (Å²) in [5.74, 6) is -1.82. The zero-order chi connectivity index (χ0) is 19.4. The van der Waals surface area contributed by atoms with Crippen molar-refractivity contribution in [1.82, 2.24) is 5.43 Å². The summed E-state index contributed by atoms with van der Waals surface area (Å²) in [5.41, 5.74) is 1.24. The molecule has 1 aromatic carbocycles. The highest BCUT2D eigenvalue weighted by atomic mass is 35.5. The van der Waals surface area contributed by atoms with Gasteiger partial charge in [-0.25, -0.2) is 15.2 Å². The van der Waals surface area contributed by atoms with Crippen molar-refractivity contribution in [3.63, 3.8) is 0 Å². The summed E-state index contributed by atoms with van der Waals surface area (Å²) in [7, 11) is 0. The molecule has 2 amide bonds. The molecule has 3 atom stereocenters. The van der Waals surface area contributed by atoms with Gasteiger partial charge in [0, 0.05) is 10.4 Å². The Kier molecular flexibility index (Phi) is 4.48. The van der Waals surface area contributed by atoms with Crippen LogP contribution >= 0.6 is 23.2 Å². The lowest BCUT2D eigenvalue weighted by Crippen LogP contribution is -2.51. The van der Waals surface area contributed by atoms with Crippen molar-refractivity contribution in [2.45, 2.75) is 33.6 Å². The summed E-state index contributed by atoms with van der Waals surface area (Å²) in [4.78, 5) is 37.6. The van der Waals surface area contributed by atoms with Gasteiger partial charge in [-0.15, -0.1) is 0 Å². The second kappa shape index (κ2) is 6.13. The summed E-state index contributed by atoms with van der Waals surface area (Å²) in [6, 6.07) is 4.39. The monoisotopic (exact) mass is 398 g/mol. The molecule has 0 aromatic heterocycles. The minimum atomic E-state index is -1.43. The third-order valence-corrected chi connectivity index (χ3v) is 6.93. The Morgan fingerprint density at radius 1 is 1.27 bits per heavy atom. The van der Waals surface area contributed by atoms with E-state index in [1.165, 1.54) is 18.2 Å². The molecule has 140 valence electrons. The van der Waals surface area contributed by atoms with Gasteiger partial charge in [-0.05, 0) is 42.4 Å². The van der Waals surface area contributed by atoms with Crippen LogP contribution < -0.4 is 10.4 Å². The Morgan fingerprint density at radius 3 is 2.46 bits per heavy atom. The van der Waals surface area contributed by atoms with Gasteiger partial charge in [-0.3, -0.25) is 9.59 Å². The SMILES string of the molecule is CC1(C)[C@@H]2CC[C@@]1(C)C(=O)C2C(=O)N(NC(=O)O)c1cc(Cl)ccc1Cl. The van der Waals surface area contributed by atoms with E-state index in [1.54, 1.807) is 0 Å². The van der Waals surface area contributed by atoms with Crippen LogP contribution in [0.4, 0.5) is 10.5 Å². The molecular weight excluding hydrogens is 379 g/mol. The lowest BCUT2D eigenvalue weighted by atomic mass is 9.70. The average Bonchev–Trinajstić information content (AvgIpc) is 2.86. The first kappa shape index (κ1) is 19.0. The van der Waals surface area contributed by atoms with Crippen molar-refractivity contribution in [2.24, 2.45) is 22.7 Å². The maximum absolute atomic E-state index is 13.3. The quantitative estimate of drug-likeness (QED) is 0.578. The number of fused-ring (bicyclic) bond motifs is 2. The van der Waals surface area contributed by atoms with E-state index in [0.717, 1.165) is 17.9 Å². The molecule has 0 aliphatic heterocycles. The molecule has 0 spiro atoms. The summed E-state index contributed by atoms with van der Waals surface area (Å²) >= 11 is 12.1. The molecule has 0 heterocycles. The van der Waals surface area contributed by atoms with Crippen molar-refractivity contribution in [3.05, 3.63) is 28.2 Å². The molecule has 2 aliphatic carbocycles. The molecular formula is C18H20Cl2N2O4. The number of nitrogens with one attached hydrogen (secondary N) is 1. The van der Waals surface area contributed by atoms with Gasteiger partial charge in [-0.2, -0.15) is 0 Å². The average molecular weight is 399 g/mol. The largest absolute Gasteiger partial charge is 0.464 e. The fourth-order valence-electron chi connectivity index (χ4n) is 4.50. The summed E-state index contributed by atoms with van der Waals surface area (Å²) in [5, 5.41) is 10.5. The van der Waals surface area contributed by atoms with Crippen molar-refractivity contribution in [2.75, 3.05) is 5.01 Å². The van der Waals surface area contributed by atoms with Gasteiger partial charge in [0.1, 0.15) is 5.92 Å². The molecule has 26 heavy (non-hydrogen) atoms. The molecule has 2 saturated carbocycles. The number of nitrogens with zero attached hydrogens (tertiary/aromatic N) is 1. The van der Waals surface area contributed by atoms with Gasteiger partial charge in [0.05, 0.1) is 10.7 Å². The number of carbonyl (C=O) groups excluding carboxylic acids is 2. The number of carboxylic acid groups (broad SMARTS) is 1. The Balaban J connectivity index is 2.04. The van der Waals surface area contributed by atoms with Gasteiger partial charge in [-0.1, -0.05) is 44.0 Å². The Bertz CT molecular complexity index is 810. The van der Waals surface area contributed by atoms with Crippen LogP contribution in [0, 0.1) is 22.7 Å². The number of anilines is 1.